The number of halogens is 1. The third-order valence-corrected chi connectivity index (χ3v) is 5.97. The fraction of sp³-hybridized carbons (Fsp3) is 0.550. The van der Waals surface area contributed by atoms with E-state index in [0.717, 1.165) is 11.4 Å². The molecule has 160 valence electrons. The lowest BCUT2D eigenvalue weighted by Gasteiger charge is -2.41. The van der Waals surface area contributed by atoms with E-state index < -0.39 is 18.6 Å². The average Bonchev–Trinajstić information content (AvgIpc) is 2.70. The Hall–Kier alpha value is -1.74. The van der Waals surface area contributed by atoms with E-state index in [1.807, 2.05) is 24.3 Å². The second-order valence-electron chi connectivity index (χ2n) is 7.76. The van der Waals surface area contributed by atoms with Crippen LogP contribution in [0.3, 0.4) is 0 Å². The molecular weight excluding hydrogens is 393 g/mol. The van der Waals surface area contributed by atoms with E-state index in [9.17, 15) is 9.90 Å². The highest BCUT2D eigenvalue weighted by Crippen LogP contribution is 2.32. The number of piperidine rings is 1. The van der Waals surface area contributed by atoms with Gasteiger partial charge in [-0.1, -0.05) is 43.2 Å². The first-order chi connectivity index (χ1) is 13.7. The van der Waals surface area contributed by atoms with Gasteiger partial charge >= 0.3 is 13.1 Å². The van der Waals surface area contributed by atoms with Crippen LogP contribution in [0.4, 0.5) is 0 Å². The number of hydrogen-bond acceptors (Lipinski definition) is 6. The molecule has 1 aliphatic rings. The SMILES string of the molecule is C=C(NCc1ccc(Cl)cc1)N1CCC(C(N)(CCCCB(O)O)C(=O)O)CC1. The standard InChI is InChI=1S/C20H31BClN3O4/c1-15(24-14-16-4-6-18(22)7-5-16)25-12-8-17(9-13-25)20(23,19(26)27)10-2-3-11-21(28)29/h4-7,17,24,28-29H,1-3,8-14,23H2,(H,26,27). The second-order valence-corrected chi connectivity index (χ2v) is 8.20. The van der Waals surface area contributed by atoms with Crippen LogP contribution in [0.1, 0.15) is 37.7 Å². The summed E-state index contributed by atoms with van der Waals surface area (Å²) < 4.78 is 0. The van der Waals surface area contributed by atoms with E-state index in [0.29, 0.717) is 56.8 Å². The molecule has 0 saturated carbocycles. The van der Waals surface area contributed by atoms with Crippen LogP contribution in [0.25, 0.3) is 0 Å². The van der Waals surface area contributed by atoms with Gasteiger partial charge in [-0.25, -0.2) is 0 Å². The average molecular weight is 424 g/mol. The molecule has 0 aromatic heterocycles. The molecule has 1 atom stereocenters. The topological polar surface area (TPSA) is 119 Å². The number of rotatable bonds is 11. The van der Waals surface area contributed by atoms with Crippen LogP contribution in [-0.4, -0.2) is 51.8 Å². The summed E-state index contributed by atoms with van der Waals surface area (Å²) in [5, 5.41) is 31.6. The number of nitrogens with two attached hydrogens (primary N) is 1. The van der Waals surface area contributed by atoms with Gasteiger partial charge in [0.2, 0.25) is 0 Å². The lowest BCUT2D eigenvalue weighted by molar-refractivity contribution is -0.146. The predicted octanol–water partition coefficient (Wildman–Crippen LogP) is 2.04. The maximum Gasteiger partial charge on any atom is 0.451 e. The van der Waals surface area contributed by atoms with E-state index in [4.69, 9.17) is 27.4 Å². The first kappa shape index (κ1) is 23.5. The van der Waals surface area contributed by atoms with Crippen LogP contribution in [-0.2, 0) is 11.3 Å². The highest BCUT2D eigenvalue weighted by atomic mass is 35.5. The first-order valence-corrected chi connectivity index (χ1v) is 10.4. The molecule has 0 aliphatic carbocycles. The first-order valence-electron chi connectivity index (χ1n) is 10.0. The minimum atomic E-state index is -1.36. The van der Waals surface area contributed by atoms with Crippen LogP contribution < -0.4 is 11.1 Å². The van der Waals surface area contributed by atoms with Gasteiger partial charge in [-0.05, 0) is 49.2 Å². The number of unbranched alkanes of at least 4 members (excludes halogenated alkanes) is 1. The van der Waals surface area contributed by atoms with Gasteiger partial charge < -0.3 is 31.1 Å². The van der Waals surface area contributed by atoms with Crippen LogP contribution in [0, 0.1) is 5.92 Å². The number of benzene rings is 1. The van der Waals surface area contributed by atoms with Crippen LogP contribution in [0.2, 0.25) is 11.3 Å². The van der Waals surface area contributed by atoms with Gasteiger partial charge in [-0.2, -0.15) is 0 Å². The molecule has 1 heterocycles. The van der Waals surface area contributed by atoms with Crippen molar-refractivity contribution in [2.75, 3.05) is 13.1 Å². The summed E-state index contributed by atoms with van der Waals surface area (Å²) >= 11 is 5.90. The number of nitrogens with zero attached hydrogens (tertiary/aromatic N) is 1. The summed E-state index contributed by atoms with van der Waals surface area (Å²) in [5.41, 5.74) is 6.12. The van der Waals surface area contributed by atoms with Crippen molar-refractivity contribution < 1.29 is 19.9 Å². The number of nitrogens with one attached hydrogen (secondary N) is 1. The van der Waals surface area contributed by atoms with Gasteiger partial charge in [0.05, 0.1) is 5.82 Å². The number of carbonyl (C=O) groups is 1. The van der Waals surface area contributed by atoms with E-state index in [-0.39, 0.29) is 12.2 Å². The Morgan fingerprint density at radius 2 is 1.90 bits per heavy atom. The number of hydrogen-bond donors (Lipinski definition) is 5. The molecule has 6 N–H and O–H groups in total. The smallest absolute Gasteiger partial charge is 0.451 e. The molecule has 0 amide bonds. The van der Waals surface area contributed by atoms with Crippen molar-refractivity contribution in [3.8, 4) is 0 Å². The van der Waals surface area contributed by atoms with Crippen LogP contribution in [0.5, 0.6) is 0 Å². The van der Waals surface area contributed by atoms with Crippen molar-refractivity contribution in [1.82, 2.24) is 10.2 Å². The zero-order chi connectivity index (χ0) is 21.4. The summed E-state index contributed by atoms with van der Waals surface area (Å²) in [6.07, 6.45) is 2.99. The Labute approximate surface area is 177 Å². The Morgan fingerprint density at radius 3 is 2.45 bits per heavy atom. The van der Waals surface area contributed by atoms with E-state index in [1.54, 1.807) is 0 Å². The molecule has 2 rings (SSSR count). The largest absolute Gasteiger partial charge is 0.480 e. The summed E-state index contributed by atoms with van der Waals surface area (Å²) in [4.78, 5) is 14.0. The van der Waals surface area contributed by atoms with Crippen molar-refractivity contribution in [1.29, 1.82) is 0 Å². The third-order valence-electron chi connectivity index (χ3n) is 5.72. The van der Waals surface area contributed by atoms with E-state index in [2.05, 4.69) is 16.8 Å². The van der Waals surface area contributed by atoms with E-state index >= 15 is 0 Å². The van der Waals surface area contributed by atoms with Crippen molar-refractivity contribution >= 4 is 24.7 Å². The normalized spacial score (nSPS) is 16.9. The summed E-state index contributed by atoms with van der Waals surface area (Å²) in [5.74, 6) is -0.298. The quantitative estimate of drug-likeness (QED) is 0.273. The number of carboxylic acid groups (broad SMARTS) is 1. The lowest BCUT2D eigenvalue weighted by Crippen LogP contribution is -2.57. The molecular formula is C20H31BClN3O4. The maximum atomic E-state index is 11.9. The van der Waals surface area contributed by atoms with Gasteiger partial charge in [0.1, 0.15) is 5.54 Å². The van der Waals surface area contributed by atoms with Crippen molar-refractivity contribution in [3.05, 3.63) is 47.3 Å². The van der Waals surface area contributed by atoms with Crippen LogP contribution >= 0.6 is 11.6 Å². The summed E-state index contributed by atoms with van der Waals surface area (Å²) in [7, 11) is -1.36. The molecule has 1 fully saturated rings. The van der Waals surface area contributed by atoms with Gasteiger partial charge in [0, 0.05) is 24.7 Å². The maximum absolute atomic E-state index is 11.9. The predicted molar refractivity (Wildman–Crippen MR) is 115 cm³/mol. The van der Waals surface area contributed by atoms with Crippen molar-refractivity contribution in [3.63, 3.8) is 0 Å². The van der Waals surface area contributed by atoms with Crippen molar-refractivity contribution in [2.24, 2.45) is 11.7 Å². The molecule has 0 spiro atoms. The van der Waals surface area contributed by atoms with Gasteiger partial charge in [-0.3, -0.25) is 4.79 Å². The molecule has 1 saturated heterocycles. The van der Waals surface area contributed by atoms with Crippen LogP contribution in [0.15, 0.2) is 36.7 Å². The highest BCUT2D eigenvalue weighted by molar-refractivity contribution is 6.40. The number of aliphatic carboxylic acids is 1. The molecule has 0 bridgehead atoms. The molecule has 1 unspecified atom stereocenters. The molecule has 29 heavy (non-hydrogen) atoms. The summed E-state index contributed by atoms with van der Waals surface area (Å²) in [6.45, 7) is 6.13. The molecule has 9 heteroatoms. The minimum Gasteiger partial charge on any atom is -0.480 e. The molecule has 7 nitrogen and oxygen atoms in total. The molecule has 1 aromatic rings. The van der Waals surface area contributed by atoms with Gasteiger partial charge in [-0.15, -0.1) is 0 Å². The molecule has 1 aliphatic heterocycles. The molecule has 0 radical (unpaired) electrons. The zero-order valence-corrected chi connectivity index (χ0v) is 17.4. The third kappa shape index (κ3) is 6.92. The minimum absolute atomic E-state index is 0.126. The Morgan fingerprint density at radius 1 is 1.28 bits per heavy atom. The fourth-order valence-corrected chi connectivity index (χ4v) is 3.94. The zero-order valence-electron chi connectivity index (χ0n) is 16.7. The number of carboxylic acids is 1. The highest BCUT2D eigenvalue weighted by Gasteiger charge is 2.43. The number of likely N-dealkylation sites (tertiary alicyclic amines) is 1. The second kappa shape index (κ2) is 10.9. The van der Waals surface area contributed by atoms with Gasteiger partial charge in [0.15, 0.2) is 0 Å². The fourth-order valence-electron chi connectivity index (χ4n) is 3.81. The molecule has 1 aromatic carbocycles. The summed E-state index contributed by atoms with van der Waals surface area (Å²) in [6, 6.07) is 7.61. The Bertz CT molecular complexity index is 681. The lowest BCUT2D eigenvalue weighted by atomic mass is 9.74. The Kier molecular flexibility index (Phi) is 8.83. The Balaban J connectivity index is 1.82. The van der Waals surface area contributed by atoms with E-state index in [1.165, 1.54) is 0 Å². The van der Waals surface area contributed by atoms with Crippen molar-refractivity contribution in [2.45, 2.75) is 50.5 Å². The van der Waals surface area contributed by atoms with Gasteiger partial charge in [0.25, 0.3) is 0 Å². The monoisotopic (exact) mass is 423 g/mol.